The molecule has 2 N–H and O–H groups in total. The third kappa shape index (κ3) is 4.34. The highest BCUT2D eigenvalue weighted by molar-refractivity contribution is 6.03. The Hall–Kier alpha value is -4.19. The largest absolute Gasteiger partial charge is 0.366 e. The molecule has 0 spiro atoms. The molecule has 5 aliphatic rings. The molecule has 5 aliphatic carbocycles. The average Bonchev–Trinajstić information content (AvgIpc) is 3.54. The van der Waals surface area contributed by atoms with Crippen molar-refractivity contribution in [3.63, 3.8) is 0 Å². The topological polar surface area (TPSA) is 129 Å². The number of carbonyl (C=O) groups excluding carboxylic acids is 4. The molecule has 3 saturated carbocycles. The van der Waals surface area contributed by atoms with Gasteiger partial charge in [-0.25, -0.2) is 9.83 Å². The number of carbonyl (C=O) groups is 4. The molecular weight excluding hydrogens is 614 g/mol. The normalized spacial score (nSPS) is 37.3. The van der Waals surface area contributed by atoms with Crippen LogP contribution < -0.4 is 5.73 Å². The van der Waals surface area contributed by atoms with Gasteiger partial charge in [-0.3, -0.25) is 23.9 Å². The molecule has 49 heavy (non-hydrogen) atoms. The number of aromatic nitrogens is 3. The van der Waals surface area contributed by atoms with E-state index in [1.807, 2.05) is 26.0 Å². The van der Waals surface area contributed by atoms with E-state index in [1.165, 1.54) is 6.33 Å². The first-order valence-electron chi connectivity index (χ1n) is 17.6. The zero-order valence-corrected chi connectivity index (χ0v) is 29.7. The minimum atomic E-state index is -0.761. The van der Waals surface area contributed by atoms with Crippen LogP contribution in [-0.2, 0) is 9.59 Å². The number of hydrogen-bond donors (Lipinski definition) is 1. The van der Waals surface area contributed by atoms with Gasteiger partial charge in [-0.2, -0.15) is 0 Å². The van der Waals surface area contributed by atoms with Crippen LogP contribution in [0.2, 0.25) is 0 Å². The lowest BCUT2D eigenvalue weighted by atomic mass is 9.34. The highest BCUT2D eigenvalue weighted by Crippen LogP contribution is 2.74. The Morgan fingerprint density at radius 1 is 1.00 bits per heavy atom. The molecule has 256 valence electrons. The molecule has 0 aliphatic heterocycles. The third-order valence-electron chi connectivity index (χ3n) is 14.4. The molecule has 0 saturated heterocycles. The predicted molar refractivity (Wildman–Crippen MR) is 184 cm³/mol. The zero-order chi connectivity index (χ0) is 35.5. The van der Waals surface area contributed by atoms with E-state index >= 15 is 0 Å². The van der Waals surface area contributed by atoms with E-state index in [0.717, 1.165) is 31.3 Å². The van der Waals surface area contributed by atoms with E-state index < -0.39 is 27.6 Å². The van der Waals surface area contributed by atoms with Crippen LogP contribution in [0.5, 0.6) is 0 Å². The summed E-state index contributed by atoms with van der Waals surface area (Å²) in [5.41, 5.74) is 4.89. The van der Waals surface area contributed by atoms with Crippen LogP contribution in [0.3, 0.4) is 0 Å². The van der Waals surface area contributed by atoms with Crippen LogP contribution in [0.4, 0.5) is 0 Å². The van der Waals surface area contributed by atoms with Crippen molar-refractivity contribution < 1.29 is 19.2 Å². The smallest absolute Gasteiger partial charge is 0.250 e. The molecule has 0 radical (unpaired) electrons. The lowest BCUT2D eigenvalue weighted by Crippen LogP contribution is -2.66. The van der Waals surface area contributed by atoms with Gasteiger partial charge >= 0.3 is 0 Å². The summed E-state index contributed by atoms with van der Waals surface area (Å²) >= 11 is 0. The van der Waals surface area contributed by atoms with Crippen LogP contribution in [0.1, 0.15) is 109 Å². The molecule has 2 unspecified atom stereocenters. The first kappa shape index (κ1) is 33.3. The van der Waals surface area contributed by atoms with Crippen molar-refractivity contribution in [2.75, 3.05) is 0 Å². The van der Waals surface area contributed by atoms with Gasteiger partial charge in [-0.05, 0) is 91.2 Å². The van der Waals surface area contributed by atoms with Crippen LogP contribution in [0, 0.1) is 56.8 Å². The Kier molecular flexibility index (Phi) is 7.08. The Morgan fingerprint density at radius 3 is 2.41 bits per heavy atom. The Labute approximate surface area is 288 Å². The van der Waals surface area contributed by atoms with Crippen LogP contribution in [0.15, 0.2) is 54.3 Å². The molecule has 2 aromatic rings. The van der Waals surface area contributed by atoms with Gasteiger partial charge in [0.15, 0.2) is 11.6 Å². The number of imidazole rings is 1. The summed E-state index contributed by atoms with van der Waals surface area (Å²) < 4.78 is 1.54. The molecule has 7 atom stereocenters. The maximum Gasteiger partial charge on any atom is 0.250 e. The van der Waals surface area contributed by atoms with Gasteiger partial charge in [-0.15, -0.1) is 0 Å². The number of allylic oxidation sites excluding steroid dienone is 4. The SMILES string of the molecule is [C-]#[N+]C1=C[C@]2(C)C3=CC(=O)[C@@H]4C5CC(C)(C)CC[C@]5(C(=O)n5cnc(-c6ncccc6C(N)=O)c5)CC[C@@]4(C)[C@]3(C)CCC2C(C)(C)C1=O. The molecule has 1 amide bonds. The fraction of sp³-hybridized carbons (Fsp3) is 0.575. The van der Waals surface area contributed by atoms with Gasteiger partial charge in [0.25, 0.3) is 5.91 Å². The van der Waals surface area contributed by atoms with Gasteiger partial charge in [-0.1, -0.05) is 60.1 Å². The number of hydrogen-bond acceptors (Lipinski definition) is 6. The number of fused-ring (bicyclic) bond motifs is 7. The number of nitrogens with zero attached hydrogens (tertiary/aromatic N) is 4. The number of amides is 1. The van der Waals surface area contributed by atoms with Crippen LogP contribution in [-0.4, -0.2) is 37.9 Å². The minimum Gasteiger partial charge on any atom is -0.366 e. The van der Waals surface area contributed by atoms with Gasteiger partial charge in [0, 0.05) is 29.1 Å². The zero-order valence-electron chi connectivity index (χ0n) is 29.7. The standard InChI is InChI=1S/C40H47N5O4/c1-35(2)13-15-40(34(49)45-21-26(44-22-45)31-23(33(41)48)10-9-17-43-31)16-14-39(7)30(24(40)19-35)27(46)18-29-37(5)20-25(42-8)32(47)36(3,4)28(37)11-12-38(29,39)6/h9-10,17-18,20-22,24,28,30H,11-16,19H2,1-7H3,(H2,41,48)/t24?,28?,30-,37-,38+,39+,40-/m0/s1. The van der Waals surface area contributed by atoms with E-state index in [1.54, 1.807) is 29.1 Å². The van der Waals surface area contributed by atoms with Gasteiger partial charge in [0.2, 0.25) is 11.6 Å². The van der Waals surface area contributed by atoms with Gasteiger partial charge in [0.05, 0.1) is 17.6 Å². The summed E-state index contributed by atoms with van der Waals surface area (Å²) in [4.78, 5) is 67.9. The Bertz CT molecular complexity index is 1940. The minimum absolute atomic E-state index is 0.0206. The first-order valence-corrected chi connectivity index (χ1v) is 17.6. The summed E-state index contributed by atoms with van der Waals surface area (Å²) in [6, 6.07) is 3.24. The Balaban J connectivity index is 1.33. The Morgan fingerprint density at radius 2 is 1.71 bits per heavy atom. The second kappa shape index (κ2) is 10.4. The van der Waals surface area contributed by atoms with Crippen molar-refractivity contribution in [2.45, 2.75) is 93.4 Å². The van der Waals surface area contributed by atoms with Crippen molar-refractivity contribution in [3.05, 3.63) is 71.3 Å². The van der Waals surface area contributed by atoms with Crippen molar-refractivity contribution >= 4 is 23.4 Å². The lowest BCUT2D eigenvalue weighted by molar-refractivity contribution is -0.164. The fourth-order valence-corrected chi connectivity index (χ4v) is 11.6. The quantitative estimate of drug-likeness (QED) is 0.345. The summed E-state index contributed by atoms with van der Waals surface area (Å²) in [6.07, 6.45) is 13.8. The monoisotopic (exact) mass is 661 g/mol. The van der Waals surface area contributed by atoms with Crippen LogP contribution in [0.25, 0.3) is 16.2 Å². The van der Waals surface area contributed by atoms with E-state index in [4.69, 9.17) is 12.3 Å². The highest BCUT2D eigenvalue weighted by atomic mass is 16.2. The number of pyridine rings is 1. The molecule has 0 bridgehead atoms. The molecule has 0 aromatic carbocycles. The van der Waals surface area contributed by atoms with E-state index in [9.17, 15) is 19.2 Å². The van der Waals surface area contributed by atoms with Crippen molar-refractivity contribution in [1.29, 1.82) is 0 Å². The average molecular weight is 662 g/mol. The number of nitrogens with two attached hydrogens (primary N) is 1. The first-order chi connectivity index (χ1) is 22.9. The second-order valence-corrected chi connectivity index (χ2v) is 17.6. The predicted octanol–water partition coefficient (Wildman–Crippen LogP) is 7.26. The molecule has 9 nitrogen and oxygen atoms in total. The highest BCUT2D eigenvalue weighted by Gasteiger charge is 2.70. The molecule has 9 heteroatoms. The second-order valence-electron chi connectivity index (χ2n) is 17.6. The number of Topliss-reactive ketones (excluding diaryl/α,β-unsaturated/α-hetero) is 1. The van der Waals surface area contributed by atoms with Gasteiger partial charge < -0.3 is 10.5 Å². The summed E-state index contributed by atoms with van der Waals surface area (Å²) in [7, 11) is 0. The summed E-state index contributed by atoms with van der Waals surface area (Å²) in [5.74, 6) is -1.29. The molecule has 2 heterocycles. The van der Waals surface area contributed by atoms with E-state index in [-0.39, 0.29) is 57.3 Å². The van der Waals surface area contributed by atoms with Gasteiger partial charge in [0.1, 0.15) is 17.7 Å². The molecule has 7 rings (SSSR count). The fourth-order valence-electron chi connectivity index (χ4n) is 11.6. The van der Waals surface area contributed by atoms with E-state index in [2.05, 4.69) is 49.4 Å². The maximum absolute atomic E-state index is 14.9. The number of primary amides is 1. The lowest BCUT2D eigenvalue weighted by Gasteiger charge is -2.69. The number of rotatable bonds is 3. The maximum atomic E-state index is 14.9. The molecular formula is C40H47N5O4. The summed E-state index contributed by atoms with van der Waals surface area (Å²) in [5, 5.41) is 0. The third-order valence-corrected chi connectivity index (χ3v) is 14.4. The molecule has 2 aromatic heterocycles. The molecule has 3 fully saturated rings. The van der Waals surface area contributed by atoms with E-state index in [0.29, 0.717) is 30.7 Å². The number of ketones is 2. The van der Waals surface area contributed by atoms with Crippen molar-refractivity contribution in [3.8, 4) is 11.4 Å². The van der Waals surface area contributed by atoms with Crippen molar-refractivity contribution in [1.82, 2.24) is 14.5 Å². The van der Waals surface area contributed by atoms with Crippen molar-refractivity contribution in [2.24, 2.45) is 56.0 Å². The van der Waals surface area contributed by atoms with Crippen LogP contribution >= 0.6 is 0 Å². The summed E-state index contributed by atoms with van der Waals surface area (Å²) in [6.45, 7) is 23.0.